The normalized spacial score (nSPS) is 14.3. The Kier molecular flexibility index (Phi) is 4.98. The highest BCUT2D eigenvalue weighted by atomic mass is 15.5. The summed E-state index contributed by atoms with van der Waals surface area (Å²) < 4.78 is 5.44. The second kappa shape index (κ2) is 8.41. The summed E-state index contributed by atoms with van der Waals surface area (Å²) in [5, 5.41) is 20.5. The Morgan fingerprint density at radius 3 is 2.67 bits per heavy atom. The maximum Gasteiger partial charge on any atom is 0.225 e. The maximum atomic E-state index is 4.66. The monoisotopic (exact) mass is 441 g/mol. The smallest absolute Gasteiger partial charge is 0.225 e. The number of fused-ring (bicyclic) bond motifs is 1. The van der Waals surface area contributed by atoms with Crippen molar-refractivity contribution in [3.8, 4) is 16.9 Å². The summed E-state index contributed by atoms with van der Waals surface area (Å²) in [5.74, 6) is 1.26. The minimum atomic E-state index is 0.435. The van der Waals surface area contributed by atoms with Crippen LogP contribution in [-0.4, -0.2) is 55.5 Å². The number of nitrogens with zero attached hydrogens (tertiary/aromatic N) is 10. The molecule has 0 amide bonds. The van der Waals surface area contributed by atoms with Gasteiger partial charge < -0.3 is 5.32 Å². The fourth-order valence-electron chi connectivity index (χ4n) is 4.16. The fraction of sp³-hybridized carbons (Fsp3) is 0.318. The Hall–Kier alpha value is -4.15. The number of pyridine rings is 1. The van der Waals surface area contributed by atoms with E-state index in [0.29, 0.717) is 29.0 Å². The standard InChI is InChI=1S/C22H23N11/c1-2-5-18(4-1)27-22-24-14-19-21(28-22)33(30-29-19)20-7-6-16(12-23-20)17-13-26-32(15-17)11-10-31-9-3-8-25-31/h3,6-9,12-15,18H,1-2,4-5,10-11H2,(H,24,27,28). The number of aryl methyl sites for hydroxylation is 2. The molecule has 11 nitrogen and oxygen atoms in total. The molecule has 0 unspecified atom stereocenters. The van der Waals surface area contributed by atoms with Crippen LogP contribution in [0.2, 0.25) is 0 Å². The molecule has 1 fully saturated rings. The zero-order valence-corrected chi connectivity index (χ0v) is 18.0. The molecule has 1 saturated carbocycles. The van der Waals surface area contributed by atoms with Crippen LogP contribution >= 0.6 is 0 Å². The average Bonchev–Trinajstić information content (AvgIpc) is 3.66. The molecule has 1 aliphatic carbocycles. The van der Waals surface area contributed by atoms with Crippen LogP contribution < -0.4 is 5.32 Å². The van der Waals surface area contributed by atoms with Crippen LogP contribution in [-0.2, 0) is 13.1 Å². The Morgan fingerprint density at radius 2 is 1.85 bits per heavy atom. The molecule has 1 N–H and O–H groups in total. The van der Waals surface area contributed by atoms with Crippen LogP contribution in [0.15, 0.2) is 55.4 Å². The molecule has 5 heterocycles. The molecule has 0 saturated heterocycles. The van der Waals surface area contributed by atoms with Crippen molar-refractivity contribution in [2.45, 2.75) is 44.8 Å². The van der Waals surface area contributed by atoms with Gasteiger partial charge in [-0.1, -0.05) is 18.1 Å². The fourth-order valence-corrected chi connectivity index (χ4v) is 4.16. The summed E-state index contributed by atoms with van der Waals surface area (Å²) in [5.41, 5.74) is 3.25. The molecule has 5 aromatic heterocycles. The van der Waals surface area contributed by atoms with Crippen LogP contribution in [0.4, 0.5) is 5.95 Å². The van der Waals surface area contributed by atoms with Crippen molar-refractivity contribution < 1.29 is 0 Å². The van der Waals surface area contributed by atoms with Crippen molar-refractivity contribution in [1.82, 2.24) is 49.5 Å². The topological polar surface area (TPSA) is 117 Å². The maximum absolute atomic E-state index is 4.66. The molecular formula is C22H23N11. The third-order valence-corrected chi connectivity index (χ3v) is 5.93. The van der Waals surface area contributed by atoms with Gasteiger partial charge in [0, 0.05) is 42.0 Å². The highest BCUT2D eigenvalue weighted by Gasteiger charge is 2.17. The molecule has 0 atom stereocenters. The van der Waals surface area contributed by atoms with Gasteiger partial charge in [0.1, 0.15) is 0 Å². The lowest BCUT2D eigenvalue weighted by Crippen LogP contribution is -2.16. The van der Waals surface area contributed by atoms with Gasteiger partial charge in [0.05, 0.1) is 25.5 Å². The van der Waals surface area contributed by atoms with Crippen molar-refractivity contribution in [3.05, 3.63) is 55.4 Å². The first-order valence-electron chi connectivity index (χ1n) is 11.1. The minimum Gasteiger partial charge on any atom is -0.351 e. The molecule has 33 heavy (non-hydrogen) atoms. The summed E-state index contributed by atoms with van der Waals surface area (Å²) in [6.45, 7) is 1.51. The van der Waals surface area contributed by atoms with Gasteiger partial charge in [0.2, 0.25) is 5.95 Å². The Morgan fingerprint density at radius 1 is 0.939 bits per heavy atom. The van der Waals surface area contributed by atoms with Crippen molar-refractivity contribution >= 4 is 17.1 Å². The lowest BCUT2D eigenvalue weighted by atomic mass is 10.2. The SMILES string of the molecule is c1cnn(CCn2cc(-c3ccc(-n4nnc5cnc(NC6CCCC6)nc54)nc3)cn2)c1. The lowest BCUT2D eigenvalue weighted by Gasteiger charge is -2.11. The zero-order valence-electron chi connectivity index (χ0n) is 18.0. The highest BCUT2D eigenvalue weighted by Crippen LogP contribution is 2.23. The van der Waals surface area contributed by atoms with E-state index < -0.39 is 0 Å². The van der Waals surface area contributed by atoms with Crippen LogP contribution in [0.1, 0.15) is 25.7 Å². The molecule has 5 aromatic rings. The van der Waals surface area contributed by atoms with Gasteiger partial charge in [0.25, 0.3) is 0 Å². The van der Waals surface area contributed by atoms with Gasteiger partial charge in [-0.3, -0.25) is 9.36 Å². The first kappa shape index (κ1) is 19.5. The van der Waals surface area contributed by atoms with E-state index >= 15 is 0 Å². The molecule has 11 heteroatoms. The Bertz CT molecular complexity index is 1350. The highest BCUT2D eigenvalue weighted by molar-refractivity contribution is 5.72. The van der Waals surface area contributed by atoms with Crippen molar-refractivity contribution in [3.63, 3.8) is 0 Å². The third-order valence-electron chi connectivity index (χ3n) is 5.93. The number of hydrogen-bond acceptors (Lipinski definition) is 8. The molecule has 0 aliphatic heterocycles. The van der Waals surface area contributed by atoms with E-state index in [-0.39, 0.29) is 0 Å². The summed E-state index contributed by atoms with van der Waals surface area (Å²) in [6.07, 6.45) is 15.9. The summed E-state index contributed by atoms with van der Waals surface area (Å²) in [7, 11) is 0. The first-order chi connectivity index (χ1) is 16.3. The lowest BCUT2D eigenvalue weighted by molar-refractivity contribution is 0.500. The molecule has 0 bridgehead atoms. The average molecular weight is 442 g/mol. The van der Waals surface area contributed by atoms with Gasteiger partial charge in [-0.15, -0.1) is 5.10 Å². The van der Waals surface area contributed by atoms with Crippen molar-refractivity contribution in [2.75, 3.05) is 5.32 Å². The van der Waals surface area contributed by atoms with E-state index in [9.17, 15) is 0 Å². The van der Waals surface area contributed by atoms with E-state index in [0.717, 1.165) is 37.1 Å². The van der Waals surface area contributed by atoms with E-state index in [2.05, 4.69) is 40.8 Å². The van der Waals surface area contributed by atoms with E-state index in [1.54, 1.807) is 17.1 Å². The van der Waals surface area contributed by atoms with Crippen molar-refractivity contribution in [2.24, 2.45) is 0 Å². The molecule has 6 rings (SSSR count). The number of anilines is 1. The first-order valence-corrected chi connectivity index (χ1v) is 11.1. The van der Waals surface area contributed by atoms with E-state index in [1.807, 2.05) is 52.4 Å². The predicted octanol–water partition coefficient (Wildman–Crippen LogP) is 2.72. The minimum absolute atomic E-state index is 0.435. The molecule has 1 aliphatic rings. The molecule has 0 spiro atoms. The van der Waals surface area contributed by atoms with Crippen LogP contribution in [0, 0.1) is 0 Å². The van der Waals surface area contributed by atoms with Gasteiger partial charge in [-0.05, 0) is 31.0 Å². The largest absolute Gasteiger partial charge is 0.351 e. The van der Waals surface area contributed by atoms with Gasteiger partial charge in [0.15, 0.2) is 17.0 Å². The molecular weight excluding hydrogens is 418 g/mol. The van der Waals surface area contributed by atoms with E-state index in [1.165, 1.54) is 12.8 Å². The van der Waals surface area contributed by atoms with E-state index in [4.69, 9.17) is 0 Å². The Labute approximate surface area is 189 Å². The summed E-state index contributed by atoms with van der Waals surface area (Å²) in [4.78, 5) is 13.7. The molecule has 166 valence electrons. The number of hydrogen-bond donors (Lipinski definition) is 1. The quantitative estimate of drug-likeness (QED) is 0.410. The number of aromatic nitrogens is 10. The van der Waals surface area contributed by atoms with Gasteiger partial charge in [-0.2, -0.15) is 19.9 Å². The third kappa shape index (κ3) is 4.04. The number of rotatable bonds is 7. The van der Waals surface area contributed by atoms with Crippen LogP contribution in [0.3, 0.4) is 0 Å². The zero-order chi connectivity index (χ0) is 22.0. The van der Waals surface area contributed by atoms with Gasteiger partial charge in [-0.25, -0.2) is 9.97 Å². The molecule has 0 aromatic carbocycles. The second-order valence-electron chi connectivity index (χ2n) is 8.20. The van der Waals surface area contributed by atoms with Crippen LogP contribution in [0.25, 0.3) is 28.1 Å². The summed E-state index contributed by atoms with van der Waals surface area (Å²) in [6, 6.07) is 6.27. The number of nitrogens with one attached hydrogen (secondary N) is 1. The summed E-state index contributed by atoms with van der Waals surface area (Å²) >= 11 is 0. The molecule has 0 radical (unpaired) electrons. The van der Waals surface area contributed by atoms with Crippen LogP contribution in [0.5, 0.6) is 0 Å². The second-order valence-corrected chi connectivity index (χ2v) is 8.20. The van der Waals surface area contributed by atoms with Gasteiger partial charge >= 0.3 is 0 Å². The predicted molar refractivity (Wildman–Crippen MR) is 122 cm³/mol. The van der Waals surface area contributed by atoms with Crippen molar-refractivity contribution in [1.29, 1.82) is 0 Å². The Balaban J connectivity index is 1.20.